The second-order valence-electron chi connectivity index (χ2n) is 6.67. The fourth-order valence-electron chi connectivity index (χ4n) is 2.92. The minimum absolute atomic E-state index is 0.156. The third kappa shape index (κ3) is 6.66. The summed E-state index contributed by atoms with van der Waals surface area (Å²) in [5.74, 6) is -1.96. The molecule has 1 heterocycles. The molecule has 6 nitrogen and oxygen atoms in total. The van der Waals surface area contributed by atoms with E-state index in [9.17, 15) is 26.4 Å². The number of nitrogens with zero attached hydrogens (tertiary/aromatic N) is 1. The molecule has 28 heavy (non-hydrogen) atoms. The Morgan fingerprint density at radius 3 is 2.50 bits per heavy atom. The predicted molar refractivity (Wildman–Crippen MR) is 101 cm³/mol. The van der Waals surface area contributed by atoms with Crippen molar-refractivity contribution in [3.05, 3.63) is 23.8 Å². The lowest BCUT2D eigenvalue weighted by Crippen LogP contribution is -2.36. The Morgan fingerprint density at radius 1 is 1.21 bits per heavy atom. The van der Waals surface area contributed by atoms with Gasteiger partial charge in [-0.05, 0) is 24.6 Å². The van der Waals surface area contributed by atoms with Crippen molar-refractivity contribution in [2.24, 2.45) is 0 Å². The first-order chi connectivity index (χ1) is 13.1. The number of sulfone groups is 1. The average Bonchev–Trinajstić information content (AvgIpc) is 2.61. The summed E-state index contributed by atoms with van der Waals surface area (Å²) in [6.45, 7) is 3.71. The number of anilines is 2. The maximum absolute atomic E-state index is 13.5. The van der Waals surface area contributed by atoms with Crippen LogP contribution < -0.4 is 10.2 Å². The van der Waals surface area contributed by atoms with E-state index in [2.05, 4.69) is 5.32 Å². The third-order valence-electron chi connectivity index (χ3n) is 4.37. The molecule has 0 bridgehead atoms. The van der Waals surface area contributed by atoms with Crippen LogP contribution >= 0.6 is 0 Å². The van der Waals surface area contributed by atoms with Crippen LogP contribution in [0, 0.1) is 0 Å². The Kier molecular flexibility index (Phi) is 7.70. The van der Waals surface area contributed by atoms with Gasteiger partial charge in [0.1, 0.15) is 5.75 Å². The lowest BCUT2D eigenvalue weighted by Gasteiger charge is -2.29. The van der Waals surface area contributed by atoms with E-state index in [-0.39, 0.29) is 5.75 Å². The molecule has 1 N–H and O–H groups in total. The molecular weight excluding hydrogens is 397 g/mol. The monoisotopic (exact) mass is 422 g/mol. The number of ether oxygens (including phenoxy) is 1. The summed E-state index contributed by atoms with van der Waals surface area (Å²) < 4.78 is 69.5. The molecule has 10 heteroatoms. The van der Waals surface area contributed by atoms with Gasteiger partial charge in [-0.15, -0.1) is 0 Å². The van der Waals surface area contributed by atoms with Gasteiger partial charge in [0, 0.05) is 18.8 Å². The number of morpholine rings is 1. The minimum atomic E-state index is -4.69. The van der Waals surface area contributed by atoms with Crippen molar-refractivity contribution in [1.29, 1.82) is 0 Å². The highest BCUT2D eigenvalue weighted by molar-refractivity contribution is 7.92. The van der Waals surface area contributed by atoms with Gasteiger partial charge in [-0.1, -0.05) is 19.8 Å². The molecule has 0 aromatic heterocycles. The number of carbonyl (C=O) groups excluding carboxylic acids is 1. The smallest absolute Gasteiger partial charge is 0.378 e. The lowest BCUT2D eigenvalue weighted by molar-refractivity contribution is -0.136. The first-order valence-corrected chi connectivity index (χ1v) is 11.0. The van der Waals surface area contributed by atoms with Gasteiger partial charge >= 0.3 is 6.18 Å². The van der Waals surface area contributed by atoms with Crippen LogP contribution in [0.3, 0.4) is 0 Å². The number of nitrogens with one attached hydrogen (secondary N) is 1. The van der Waals surface area contributed by atoms with Crippen LogP contribution in [0.15, 0.2) is 18.2 Å². The molecule has 1 amide bonds. The second kappa shape index (κ2) is 9.60. The fraction of sp³-hybridized carbons (Fsp3) is 0.611. The average molecular weight is 422 g/mol. The van der Waals surface area contributed by atoms with Crippen LogP contribution in [0.4, 0.5) is 24.5 Å². The molecule has 1 aromatic rings. The molecule has 0 radical (unpaired) electrons. The fourth-order valence-corrected chi connectivity index (χ4v) is 4.18. The Hall–Kier alpha value is -1.81. The van der Waals surface area contributed by atoms with E-state index in [0.717, 1.165) is 18.6 Å². The van der Waals surface area contributed by atoms with Crippen LogP contribution in [-0.4, -0.2) is 52.1 Å². The van der Waals surface area contributed by atoms with Crippen molar-refractivity contribution in [2.45, 2.75) is 32.4 Å². The Bertz CT molecular complexity index is 776. The molecule has 0 atom stereocenters. The van der Waals surface area contributed by atoms with E-state index in [1.165, 1.54) is 6.07 Å². The summed E-state index contributed by atoms with van der Waals surface area (Å²) in [5, 5.41) is 2.11. The number of carbonyl (C=O) groups is 1. The Morgan fingerprint density at radius 2 is 1.89 bits per heavy atom. The molecule has 0 spiro atoms. The van der Waals surface area contributed by atoms with Crippen LogP contribution in [0.2, 0.25) is 0 Å². The van der Waals surface area contributed by atoms with E-state index in [1.54, 1.807) is 4.90 Å². The summed E-state index contributed by atoms with van der Waals surface area (Å²) >= 11 is 0. The Labute approximate surface area is 163 Å². The molecule has 2 rings (SSSR count). The SMILES string of the molecule is CCCCCS(=O)(=O)CC(=O)Nc1ccc(N2CCOCC2)cc1C(F)(F)F. The maximum atomic E-state index is 13.5. The molecule has 1 aliphatic heterocycles. The molecule has 158 valence electrons. The zero-order valence-electron chi connectivity index (χ0n) is 15.7. The first-order valence-electron chi connectivity index (χ1n) is 9.16. The summed E-state index contributed by atoms with van der Waals surface area (Å²) in [4.78, 5) is 13.8. The highest BCUT2D eigenvalue weighted by Gasteiger charge is 2.35. The predicted octanol–water partition coefficient (Wildman–Crippen LogP) is 3.09. The summed E-state index contributed by atoms with van der Waals surface area (Å²) in [5.41, 5.74) is -1.08. The second-order valence-corrected chi connectivity index (χ2v) is 8.86. The molecule has 0 saturated carbocycles. The van der Waals surface area contributed by atoms with Gasteiger partial charge in [0.15, 0.2) is 9.84 Å². The standard InChI is InChI=1S/C18H25F3N2O4S/c1-2-3-4-11-28(25,26)13-17(24)22-16-6-5-14(12-15(16)18(19,20)21)23-7-9-27-10-8-23/h5-6,12H,2-4,7-11,13H2,1H3,(H,22,24). The molecule has 1 aromatic carbocycles. The van der Waals surface area contributed by atoms with Crippen molar-refractivity contribution in [1.82, 2.24) is 0 Å². The van der Waals surface area contributed by atoms with Crippen molar-refractivity contribution in [3.8, 4) is 0 Å². The normalized spacial score (nSPS) is 15.5. The van der Waals surface area contributed by atoms with Gasteiger partial charge in [0.05, 0.1) is 30.2 Å². The van der Waals surface area contributed by atoms with E-state index < -0.39 is 38.9 Å². The largest absolute Gasteiger partial charge is 0.418 e. The van der Waals surface area contributed by atoms with Crippen LogP contribution in [0.5, 0.6) is 0 Å². The molecule has 1 aliphatic rings. The zero-order chi connectivity index (χ0) is 20.8. The van der Waals surface area contributed by atoms with Gasteiger partial charge in [-0.3, -0.25) is 4.79 Å². The molecule has 0 unspecified atom stereocenters. The summed E-state index contributed by atoms with van der Waals surface area (Å²) in [6, 6.07) is 3.61. The molecule has 1 saturated heterocycles. The molecule has 1 fully saturated rings. The van der Waals surface area contributed by atoms with Crippen LogP contribution in [0.1, 0.15) is 31.7 Å². The van der Waals surface area contributed by atoms with Gasteiger partial charge in [0.2, 0.25) is 5.91 Å². The van der Waals surface area contributed by atoms with Crippen molar-refractivity contribution < 1.29 is 31.1 Å². The van der Waals surface area contributed by atoms with E-state index >= 15 is 0 Å². The number of amides is 1. The molecule has 0 aliphatic carbocycles. The number of alkyl halides is 3. The number of hydrogen-bond donors (Lipinski definition) is 1. The highest BCUT2D eigenvalue weighted by Crippen LogP contribution is 2.37. The lowest BCUT2D eigenvalue weighted by atomic mass is 10.1. The Balaban J connectivity index is 2.14. The van der Waals surface area contributed by atoms with Crippen molar-refractivity contribution in [3.63, 3.8) is 0 Å². The van der Waals surface area contributed by atoms with Gasteiger partial charge in [-0.2, -0.15) is 13.2 Å². The van der Waals surface area contributed by atoms with Crippen molar-refractivity contribution in [2.75, 3.05) is 48.0 Å². The van der Waals surface area contributed by atoms with Crippen molar-refractivity contribution >= 4 is 27.1 Å². The summed E-state index contributed by atoms with van der Waals surface area (Å²) in [6.07, 6.45) is -2.73. The zero-order valence-corrected chi connectivity index (χ0v) is 16.5. The number of rotatable bonds is 8. The maximum Gasteiger partial charge on any atom is 0.418 e. The summed E-state index contributed by atoms with van der Waals surface area (Å²) in [7, 11) is -3.66. The third-order valence-corrected chi connectivity index (χ3v) is 5.98. The minimum Gasteiger partial charge on any atom is -0.378 e. The number of benzene rings is 1. The van der Waals surface area contributed by atoms with E-state index in [1.807, 2.05) is 6.92 Å². The molecular formula is C18H25F3N2O4S. The topological polar surface area (TPSA) is 75.7 Å². The van der Waals surface area contributed by atoms with Gasteiger partial charge in [0.25, 0.3) is 0 Å². The van der Waals surface area contributed by atoms with E-state index in [4.69, 9.17) is 4.74 Å². The quantitative estimate of drug-likeness (QED) is 0.652. The van der Waals surface area contributed by atoms with Crippen LogP contribution in [-0.2, 0) is 25.5 Å². The van der Waals surface area contributed by atoms with Gasteiger partial charge in [-0.25, -0.2) is 8.42 Å². The number of hydrogen-bond acceptors (Lipinski definition) is 5. The van der Waals surface area contributed by atoms with Crippen LogP contribution in [0.25, 0.3) is 0 Å². The highest BCUT2D eigenvalue weighted by atomic mass is 32.2. The van der Waals surface area contributed by atoms with Gasteiger partial charge < -0.3 is 15.0 Å². The first kappa shape index (κ1) is 22.5. The number of unbranched alkanes of at least 4 members (excludes halogenated alkanes) is 2. The van der Waals surface area contributed by atoms with E-state index in [0.29, 0.717) is 44.8 Å². The number of halogens is 3.